The minimum atomic E-state index is -0.737. The summed E-state index contributed by atoms with van der Waals surface area (Å²) >= 11 is 0. The summed E-state index contributed by atoms with van der Waals surface area (Å²) < 4.78 is 10.5. The fraction of sp³-hybridized carbons (Fsp3) is 0.857. The average molecular weight is 258 g/mol. The maximum absolute atomic E-state index is 11.8. The molecular weight excluding hydrogens is 232 g/mol. The van der Waals surface area contributed by atoms with Gasteiger partial charge in [0.2, 0.25) is 0 Å². The molecule has 0 bridgehead atoms. The fourth-order valence-corrected chi connectivity index (χ4v) is 1.56. The summed E-state index contributed by atoms with van der Waals surface area (Å²) in [7, 11) is 1.58. The van der Waals surface area contributed by atoms with Crippen molar-refractivity contribution in [3.8, 4) is 0 Å². The quantitative estimate of drug-likeness (QED) is 0.534. The number of Topliss-reactive ketones (excluding diaryl/α,β-unsaturated/α-hetero) is 2. The highest BCUT2D eigenvalue weighted by Crippen LogP contribution is 2.14. The van der Waals surface area contributed by atoms with E-state index in [4.69, 9.17) is 9.47 Å². The van der Waals surface area contributed by atoms with E-state index in [1.54, 1.807) is 27.9 Å². The van der Waals surface area contributed by atoms with Crippen LogP contribution < -0.4 is 0 Å². The van der Waals surface area contributed by atoms with Crippen LogP contribution in [0.5, 0.6) is 0 Å². The molecule has 0 amide bonds. The third kappa shape index (κ3) is 8.37. The Morgan fingerprint density at radius 1 is 1.00 bits per heavy atom. The number of rotatable bonds is 11. The van der Waals surface area contributed by atoms with Crippen LogP contribution in [0, 0.1) is 0 Å². The van der Waals surface area contributed by atoms with Crippen molar-refractivity contribution in [1.29, 1.82) is 0 Å². The van der Waals surface area contributed by atoms with Crippen LogP contribution >= 0.6 is 0 Å². The zero-order chi connectivity index (χ0) is 14.0. The van der Waals surface area contributed by atoms with Gasteiger partial charge in [-0.25, -0.2) is 0 Å². The summed E-state index contributed by atoms with van der Waals surface area (Å²) in [6.07, 6.45) is 3.76. The Morgan fingerprint density at radius 2 is 1.67 bits per heavy atom. The molecule has 0 spiro atoms. The molecule has 0 radical (unpaired) electrons. The second kappa shape index (κ2) is 9.22. The second-order valence-electron chi connectivity index (χ2n) is 5.04. The fourth-order valence-electron chi connectivity index (χ4n) is 1.56. The van der Waals surface area contributed by atoms with E-state index in [9.17, 15) is 9.59 Å². The first-order chi connectivity index (χ1) is 8.40. The summed E-state index contributed by atoms with van der Waals surface area (Å²) in [5, 5.41) is 0. The Kier molecular flexibility index (Phi) is 8.85. The standard InChI is InChI=1S/C14H26O4/c1-12(15)8-6-5-7-10-18-14(2,3)13(16)9-11-17-4/h5-11H2,1-4H3. The van der Waals surface area contributed by atoms with E-state index in [0.717, 1.165) is 19.3 Å². The molecule has 0 aliphatic rings. The van der Waals surface area contributed by atoms with Crippen molar-refractivity contribution in [2.75, 3.05) is 20.3 Å². The van der Waals surface area contributed by atoms with Crippen molar-refractivity contribution >= 4 is 11.6 Å². The summed E-state index contributed by atoms with van der Waals surface area (Å²) in [6.45, 7) is 6.18. The Bertz CT molecular complexity index is 259. The van der Waals surface area contributed by atoms with Crippen molar-refractivity contribution in [2.45, 2.75) is 58.5 Å². The molecule has 0 heterocycles. The Labute approximate surface area is 110 Å². The molecular formula is C14H26O4. The number of ether oxygens (including phenoxy) is 2. The molecule has 0 saturated carbocycles. The predicted octanol–water partition coefficient (Wildman–Crippen LogP) is 2.54. The van der Waals surface area contributed by atoms with Gasteiger partial charge in [0, 0.05) is 26.6 Å². The molecule has 18 heavy (non-hydrogen) atoms. The molecule has 0 N–H and O–H groups in total. The van der Waals surface area contributed by atoms with Crippen LogP contribution in [0.25, 0.3) is 0 Å². The minimum Gasteiger partial charge on any atom is -0.384 e. The number of hydrogen-bond acceptors (Lipinski definition) is 4. The van der Waals surface area contributed by atoms with E-state index in [1.807, 2.05) is 0 Å². The molecule has 4 heteroatoms. The molecule has 0 saturated heterocycles. The Morgan fingerprint density at radius 3 is 2.22 bits per heavy atom. The average Bonchev–Trinajstić information content (AvgIpc) is 2.30. The van der Waals surface area contributed by atoms with Crippen LogP contribution in [0.1, 0.15) is 52.9 Å². The van der Waals surface area contributed by atoms with Crippen molar-refractivity contribution in [3.05, 3.63) is 0 Å². The van der Waals surface area contributed by atoms with Gasteiger partial charge in [-0.15, -0.1) is 0 Å². The molecule has 0 fully saturated rings. The van der Waals surface area contributed by atoms with Crippen molar-refractivity contribution < 1.29 is 19.1 Å². The van der Waals surface area contributed by atoms with Gasteiger partial charge in [-0.3, -0.25) is 4.79 Å². The van der Waals surface area contributed by atoms with E-state index in [2.05, 4.69) is 0 Å². The van der Waals surface area contributed by atoms with E-state index in [-0.39, 0.29) is 11.6 Å². The Hall–Kier alpha value is -0.740. The van der Waals surface area contributed by atoms with Crippen LogP contribution in [0.2, 0.25) is 0 Å². The smallest absolute Gasteiger partial charge is 0.166 e. The normalized spacial score (nSPS) is 11.6. The van der Waals surface area contributed by atoms with Gasteiger partial charge in [-0.1, -0.05) is 6.42 Å². The van der Waals surface area contributed by atoms with Gasteiger partial charge in [0.15, 0.2) is 5.78 Å². The SMILES string of the molecule is COCCC(=O)C(C)(C)OCCCCCC(C)=O. The van der Waals surface area contributed by atoms with Crippen LogP contribution in [0.3, 0.4) is 0 Å². The van der Waals surface area contributed by atoms with Gasteiger partial charge >= 0.3 is 0 Å². The van der Waals surface area contributed by atoms with Crippen molar-refractivity contribution in [1.82, 2.24) is 0 Å². The van der Waals surface area contributed by atoms with Crippen molar-refractivity contribution in [2.24, 2.45) is 0 Å². The van der Waals surface area contributed by atoms with Gasteiger partial charge < -0.3 is 14.3 Å². The zero-order valence-corrected chi connectivity index (χ0v) is 12.1. The Balaban J connectivity index is 3.69. The molecule has 0 aromatic carbocycles. The van der Waals surface area contributed by atoms with E-state index < -0.39 is 5.60 Å². The van der Waals surface area contributed by atoms with Crippen LogP contribution in [0.15, 0.2) is 0 Å². The maximum Gasteiger partial charge on any atom is 0.166 e. The van der Waals surface area contributed by atoms with E-state index in [0.29, 0.717) is 26.1 Å². The first-order valence-corrected chi connectivity index (χ1v) is 6.56. The molecule has 4 nitrogen and oxygen atoms in total. The lowest BCUT2D eigenvalue weighted by Gasteiger charge is -2.23. The lowest BCUT2D eigenvalue weighted by Crippen LogP contribution is -2.36. The monoisotopic (exact) mass is 258 g/mol. The molecule has 0 aromatic rings. The number of unbranched alkanes of at least 4 members (excludes halogenated alkanes) is 2. The lowest BCUT2D eigenvalue weighted by atomic mass is 10.0. The summed E-state index contributed by atoms with van der Waals surface area (Å²) in [6, 6.07) is 0. The van der Waals surface area contributed by atoms with Crippen LogP contribution in [0.4, 0.5) is 0 Å². The highest BCUT2D eigenvalue weighted by atomic mass is 16.5. The molecule has 0 aromatic heterocycles. The second-order valence-corrected chi connectivity index (χ2v) is 5.04. The molecule has 0 rings (SSSR count). The third-order valence-corrected chi connectivity index (χ3v) is 2.84. The number of ketones is 2. The highest BCUT2D eigenvalue weighted by molar-refractivity contribution is 5.86. The molecule has 106 valence electrons. The number of methoxy groups -OCH3 is 1. The maximum atomic E-state index is 11.8. The van der Waals surface area contributed by atoms with Gasteiger partial charge in [-0.05, 0) is 33.6 Å². The number of hydrogen-bond donors (Lipinski definition) is 0. The molecule has 0 aliphatic carbocycles. The summed E-state index contributed by atoms with van der Waals surface area (Å²) in [4.78, 5) is 22.5. The molecule has 0 unspecified atom stereocenters. The first kappa shape index (κ1) is 17.3. The predicted molar refractivity (Wildman–Crippen MR) is 70.7 cm³/mol. The minimum absolute atomic E-state index is 0.0630. The van der Waals surface area contributed by atoms with Crippen LogP contribution in [-0.2, 0) is 19.1 Å². The van der Waals surface area contributed by atoms with Crippen molar-refractivity contribution in [3.63, 3.8) is 0 Å². The number of carbonyl (C=O) groups is 2. The zero-order valence-electron chi connectivity index (χ0n) is 12.1. The summed E-state index contributed by atoms with van der Waals surface area (Å²) in [5.74, 6) is 0.291. The van der Waals surface area contributed by atoms with Crippen LogP contribution in [-0.4, -0.2) is 37.5 Å². The largest absolute Gasteiger partial charge is 0.384 e. The molecule has 0 atom stereocenters. The lowest BCUT2D eigenvalue weighted by molar-refractivity contribution is -0.141. The third-order valence-electron chi connectivity index (χ3n) is 2.84. The highest BCUT2D eigenvalue weighted by Gasteiger charge is 2.27. The van der Waals surface area contributed by atoms with Gasteiger partial charge in [0.1, 0.15) is 11.4 Å². The van der Waals surface area contributed by atoms with E-state index in [1.165, 1.54) is 0 Å². The van der Waals surface area contributed by atoms with E-state index >= 15 is 0 Å². The number of carbonyl (C=O) groups excluding carboxylic acids is 2. The van der Waals surface area contributed by atoms with Gasteiger partial charge in [0.25, 0.3) is 0 Å². The topological polar surface area (TPSA) is 52.6 Å². The van der Waals surface area contributed by atoms with Gasteiger partial charge in [-0.2, -0.15) is 0 Å². The van der Waals surface area contributed by atoms with Gasteiger partial charge in [0.05, 0.1) is 6.61 Å². The molecule has 0 aliphatic heterocycles. The summed E-state index contributed by atoms with van der Waals surface area (Å²) in [5.41, 5.74) is -0.737. The first-order valence-electron chi connectivity index (χ1n) is 6.56.